The van der Waals surface area contributed by atoms with E-state index in [1.165, 1.54) is 7.05 Å². The highest BCUT2D eigenvalue weighted by Crippen LogP contribution is 2.34. The highest BCUT2D eigenvalue weighted by atomic mass is 32.2. The summed E-state index contributed by atoms with van der Waals surface area (Å²) in [6.45, 7) is 1.04. The lowest BCUT2D eigenvalue weighted by atomic mass is 10.1. The number of rotatable bonds is 5. The molecule has 0 unspecified atom stereocenters. The van der Waals surface area contributed by atoms with Crippen molar-refractivity contribution in [3.05, 3.63) is 29.3 Å². The molecule has 0 saturated carbocycles. The molecule has 1 rings (SSSR count). The zero-order chi connectivity index (χ0) is 16.4. The first-order valence-electron chi connectivity index (χ1n) is 5.94. The quantitative estimate of drug-likeness (QED) is 0.641. The first kappa shape index (κ1) is 17.4. The lowest BCUT2D eigenvalue weighted by Crippen LogP contribution is -2.31. The lowest BCUT2D eigenvalue weighted by molar-refractivity contribution is -0.138. The SMILES string of the molecule is Cc1c(C(F)(F)F)cccc1S(=O)(=O)N(C)CCC(=N)N. The fraction of sp³-hybridized carbons (Fsp3) is 0.417. The standard InChI is InChI=1S/C12H16F3N3O2S/c1-8-9(12(13,14)15)4-3-5-10(8)21(19,20)18(2)7-6-11(16)17/h3-5H,6-7H2,1-2H3,(H3,16,17). The van der Waals surface area contributed by atoms with E-state index in [-0.39, 0.29) is 24.4 Å². The number of sulfonamides is 1. The van der Waals surface area contributed by atoms with E-state index in [0.717, 1.165) is 29.4 Å². The molecule has 118 valence electrons. The normalized spacial score (nSPS) is 12.7. The number of hydrogen-bond acceptors (Lipinski definition) is 3. The summed E-state index contributed by atoms with van der Waals surface area (Å²) < 4.78 is 63.9. The van der Waals surface area contributed by atoms with Gasteiger partial charge in [-0.15, -0.1) is 0 Å². The average Bonchev–Trinajstić information content (AvgIpc) is 2.34. The summed E-state index contributed by atoms with van der Waals surface area (Å²) in [5.41, 5.74) is 3.82. The molecule has 1 aromatic rings. The Morgan fingerprint density at radius 2 is 1.95 bits per heavy atom. The molecule has 0 fully saturated rings. The van der Waals surface area contributed by atoms with Gasteiger partial charge < -0.3 is 5.73 Å². The third kappa shape index (κ3) is 3.94. The minimum absolute atomic E-state index is 0.00768. The van der Waals surface area contributed by atoms with Crippen LogP contribution in [0.5, 0.6) is 0 Å². The molecule has 0 heterocycles. The van der Waals surface area contributed by atoms with E-state index in [1.807, 2.05) is 0 Å². The Labute approximate surface area is 121 Å². The highest BCUT2D eigenvalue weighted by Gasteiger charge is 2.35. The van der Waals surface area contributed by atoms with Gasteiger partial charge in [0.25, 0.3) is 0 Å². The van der Waals surface area contributed by atoms with Gasteiger partial charge in [0.1, 0.15) is 0 Å². The summed E-state index contributed by atoms with van der Waals surface area (Å²) in [5, 5.41) is 7.06. The van der Waals surface area contributed by atoms with Crippen LogP contribution in [-0.4, -0.2) is 32.2 Å². The predicted molar refractivity (Wildman–Crippen MR) is 72.5 cm³/mol. The van der Waals surface area contributed by atoms with Gasteiger partial charge in [-0.25, -0.2) is 12.7 Å². The zero-order valence-electron chi connectivity index (χ0n) is 11.5. The number of nitrogens with two attached hydrogens (primary N) is 1. The van der Waals surface area contributed by atoms with Crippen LogP contribution in [0.25, 0.3) is 0 Å². The topological polar surface area (TPSA) is 87.2 Å². The Bertz CT molecular complexity index is 642. The fourth-order valence-corrected chi connectivity index (χ4v) is 3.18. The van der Waals surface area contributed by atoms with E-state index in [1.54, 1.807) is 0 Å². The van der Waals surface area contributed by atoms with E-state index in [2.05, 4.69) is 0 Å². The van der Waals surface area contributed by atoms with Gasteiger partial charge in [0.15, 0.2) is 0 Å². The maximum atomic E-state index is 12.8. The maximum Gasteiger partial charge on any atom is 0.416 e. The maximum absolute atomic E-state index is 12.8. The van der Waals surface area contributed by atoms with E-state index in [9.17, 15) is 21.6 Å². The summed E-state index contributed by atoms with van der Waals surface area (Å²) in [7, 11) is -2.83. The van der Waals surface area contributed by atoms with Crippen molar-refractivity contribution in [3.8, 4) is 0 Å². The molecular weight excluding hydrogens is 307 g/mol. The molecule has 0 saturated heterocycles. The van der Waals surface area contributed by atoms with Crippen molar-refractivity contribution in [3.63, 3.8) is 0 Å². The molecule has 0 amide bonds. The second-order valence-electron chi connectivity index (χ2n) is 4.53. The Balaban J connectivity index is 3.24. The lowest BCUT2D eigenvalue weighted by Gasteiger charge is -2.20. The minimum atomic E-state index is -4.62. The van der Waals surface area contributed by atoms with Gasteiger partial charge in [-0.3, -0.25) is 5.41 Å². The Hall–Kier alpha value is -1.61. The van der Waals surface area contributed by atoms with Crippen LogP contribution in [0.3, 0.4) is 0 Å². The van der Waals surface area contributed by atoms with Crippen LogP contribution in [0, 0.1) is 12.3 Å². The van der Waals surface area contributed by atoms with Gasteiger partial charge in [-0.05, 0) is 24.6 Å². The molecule has 0 spiro atoms. The molecule has 9 heteroatoms. The Kier molecular flexibility index (Phi) is 5.00. The summed E-state index contributed by atoms with van der Waals surface area (Å²) >= 11 is 0. The summed E-state index contributed by atoms with van der Waals surface area (Å²) in [6, 6.07) is 3.02. The monoisotopic (exact) mass is 323 g/mol. The largest absolute Gasteiger partial charge is 0.416 e. The van der Waals surface area contributed by atoms with Crippen LogP contribution in [0.1, 0.15) is 17.5 Å². The van der Waals surface area contributed by atoms with Crippen LogP contribution in [0.2, 0.25) is 0 Å². The molecule has 3 N–H and O–H groups in total. The van der Waals surface area contributed by atoms with Gasteiger partial charge in [0.05, 0.1) is 16.3 Å². The van der Waals surface area contributed by atoms with Crippen LogP contribution >= 0.6 is 0 Å². The molecule has 1 aromatic carbocycles. The molecule has 5 nitrogen and oxygen atoms in total. The van der Waals surface area contributed by atoms with Crippen molar-refractivity contribution in [1.82, 2.24) is 4.31 Å². The van der Waals surface area contributed by atoms with Crippen LogP contribution < -0.4 is 5.73 Å². The highest BCUT2D eigenvalue weighted by molar-refractivity contribution is 7.89. The number of nitrogens with one attached hydrogen (secondary N) is 1. The first-order valence-corrected chi connectivity index (χ1v) is 7.38. The number of alkyl halides is 3. The number of hydrogen-bond donors (Lipinski definition) is 2. The number of benzene rings is 1. The smallest absolute Gasteiger partial charge is 0.388 e. The Morgan fingerprint density at radius 1 is 1.38 bits per heavy atom. The van der Waals surface area contributed by atoms with E-state index < -0.39 is 26.7 Å². The van der Waals surface area contributed by atoms with E-state index in [4.69, 9.17) is 11.1 Å². The van der Waals surface area contributed by atoms with Crippen molar-refractivity contribution < 1.29 is 21.6 Å². The molecule has 0 atom stereocenters. The van der Waals surface area contributed by atoms with Crippen molar-refractivity contribution in [2.45, 2.75) is 24.4 Å². The third-order valence-corrected chi connectivity index (χ3v) is 4.98. The Morgan fingerprint density at radius 3 is 2.43 bits per heavy atom. The molecule has 0 aromatic heterocycles. The van der Waals surface area contributed by atoms with Gasteiger partial charge in [-0.1, -0.05) is 6.07 Å². The number of amidine groups is 1. The van der Waals surface area contributed by atoms with Crippen LogP contribution in [0.4, 0.5) is 13.2 Å². The molecule has 0 aliphatic rings. The second kappa shape index (κ2) is 6.02. The van der Waals surface area contributed by atoms with Gasteiger partial charge in [-0.2, -0.15) is 13.2 Å². The predicted octanol–water partition coefficient (Wildman–Crippen LogP) is 1.96. The summed E-state index contributed by atoms with van der Waals surface area (Å²) in [5.74, 6) is -0.196. The van der Waals surface area contributed by atoms with Crippen LogP contribution in [0.15, 0.2) is 23.1 Å². The molecular formula is C12H16F3N3O2S. The van der Waals surface area contributed by atoms with Gasteiger partial charge in [0, 0.05) is 20.0 Å². The minimum Gasteiger partial charge on any atom is -0.388 e. The van der Waals surface area contributed by atoms with Crippen molar-refractivity contribution in [1.29, 1.82) is 5.41 Å². The number of nitrogens with zero attached hydrogens (tertiary/aromatic N) is 1. The molecule has 0 aliphatic heterocycles. The zero-order valence-corrected chi connectivity index (χ0v) is 12.3. The molecule has 0 bridgehead atoms. The van der Waals surface area contributed by atoms with Crippen molar-refractivity contribution >= 4 is 15.9 Å². The van der Waals surface area contributed by atoms with Crippen LogP contribution in [-0.2, 0) is 16.2 Å². The van der Waals surface area contributed by atoms with E-state index >= 15 is 0 Å². The second-order valence-corrected chi connectivity index (χ2v) is 6.54. The van der Waals surface area contributed by atoms with Gasteiger partial charge in [0.2, 0.25) is 10.0 Å². The van der Waals surface area contributed by atoms with Crippen molar-refractivity contribution in [2.75, 3.05) is 13.6 Å². The van der Waals surface area contributed by atoms with E-state index in [0.29, 0.717) is 0 Å². The average molecular weight is 323 g/mol. The number of halogens is 3. The fourth-order valence-electron chi connectivity index (χ4n) is 1.77. The van der Waals surface area contributed by atoms with Gasteiger partial charge >= 0.3 is 6.18 Å². The molecule has 21 heavy (non-hydrogen) atoms. The summed E-state index contributed by atoms with van der Waals surface area (Å²) in [6.07, 6.45) is -4.61. The first-order chi connectivity index (χ1) is 9.48. The summed E-state index contributed by atoms with van der Waals surface area (Å²) in [4.78, 5) is -0.400. The third-order valence-electron chi connectivity index (χ3n) is 2.97. The molecule has 0 aliphatic carbocycles. The molecule has 0 radical (unpaired) electrons. The van der Waals surface area contributed by atoms with Crippen molar-refractivity contribution in [2.24, 2.45) is 5.73 Å².